The molecule has 4 aromatic heterocycles. The summed E-state index contributed by atoms with van der Waals surface area (Å²) in [4.78, 5) is 12.9. The maximum atomic E-state index is 8.71. The zero-order chi connectivity index (χ0) is 57.4. The van der Waals surface area contributed by atoms with E-state index >= 15 is 0 Å². The van der Waals surface area contributed by atoms with Crippen LogP contribution in [0.2, 0.25) is 0 Å². The van der Waals surface area contributed by atoms with E-state index in [2.05, 4.69) is 27.1 Å². The summed E-state index contributed by atoms with van der Waals surface area (Å²) in [5, 5.41) is 1.11. The van der Waals surface area contributed by atoms with E-state index in [1.54, 1.807) is 63.2 Å². The molecule has 0 saturated heterocycles. The molecule has 4 nitrogen and oxygen atoms in total. The van der Waals surface area contributed by atoms with Gasteiger partial charge in [-0.15, -0.1) is 53.6 Å². The first kappa shape index (κ1) is 24.8. The minimum absolute atomic E-state index is 0. The molecular formula is C54H55IrN3O-2. The van der Waals surface area contributed by atoms with Gasteiger partial charge in [0.15, 0.2) is 0 Å². The molecule has 4 heterocycles. The number of nitrogens with zero attached hydrogens (tertiary/aromatic N) is 3. The van der Waals surface area contributed by atoms with E-state index in [-0.39, 0.29) is 92.9 Å². The van der Waals surface area contributed by atoms with Gasteiger partial charge in [0.1, 0.15) is 0 Å². The minimum Gasteiger partial charge on any atom is -0.486 e. The number of rotatable bonds is 6. The Morgan fingerprint density at radius 3 is 2.07 bits per heavy atom. The molecule has 1 radical (unpaired) electrons. The number of aryl methyl sites for hydroxylation is 5. The van der Waals surface area contributed by atoms with E-state index in [1.165, 1.54) is 60.8 Å². The summed E-state index contributed by atoms with van der Waals surface area (Å²) in [6.07, 6.45) is -0.714. The van der Waals surface area contributed by atoms with Crippen LogP contribution in [0.25, 0.3) is 66.8 Å². The first-order valence-electron chi connectivity index (χ1n) is 28.2. The summed E-state index contributed by atoms with van der Waals surface area (Å²) in [5.41, 5.74) is 1.32. The third-order valence-corrected chi connectivity index (χ3v) is 8.99. The standard InChI is InChI=1S/C37H35N2O.C17H20N.Ir/c1-22-17-26(20-37(5,6)7)12-15-28(22)27-13-16-29(23(2)18-27)33-19-34(38-21-24(33)3)32-10-8-9-30-31-14-11-25(4)39-36(31)40-35(30)32;1-13-5-8-15(9-6-13)16-10-7-14(12-18-16)11-17(2,3)4;/h8-9,11-19,21H,20H2,1-7H3;5-8,10,12H,11H2,1-4H3;/q2*-1;/i1D3,2D3,3D3,4D3,20D2;1D3,11D2;. The molecule has 0 fully saturated rings. The van der Waals surface area contributed by atoms with Crippen LogP contribution in [-0.4, -0.2) is 15.0 Å². The maximum Gasteiger partial charge on any atom is 0.216 e. The van der Waals surface area contributed by atoms with Gasteiger partial charge in [-0.2, -0.15) is 0 Å². The summed E-state index contributed by atoms with van der Waals surface area (Å²) < 4.78 is 161. The quantitative estimate of drug-likeness (QED) is 0.156. The molecule has 0 unspecified atom stereocenters. The fraction of sp³-hybridized carbons (Fsp3) is 0.278. The van der Waals surface area contributed by atoms with Crippen molar-refractivity contribution in [2.24, 2.45) is 10.8 Å². The van der Waals surface area contributed by atoms with Crippen molar-refractivity contribution in [2.75, 3.05) is 0 Å². The number of fused-ring (bicyclic) bond motifs is 3. The molecule has 0 bridgehead atoms. The normalized spacial score (nSPS) is 18.0. The van der Waals surface area contributed by atoms with Crippen molar-refractivity contribution in [3.63, 3.8) is 0 Å². The molecule has 0 spiro atoms. The number of aromatic nitrogens is 3. The molecule has 59 heavy (non-hydrogen) atoms. The Morgan fingerprint density at radius 2 is 1.37 bits per heavy atom. The molecule has 8 rings (SSSR count). The van der Waals surface area contributed by atoms with Crippen LogP contribution in [0.4, 0.5) is 0 Å². The van der Waals surface area contributed by atoms with E-state index < -0.39 is 57.8 Å². The van der Waals surface area contributed by atoms with Gasteiger partial charge in [0.2, 0.25) is 5.71 Å². The molecule has 0 aliphatic heterocycles. The van der Waals surface area contributed by atoms with Gasteiger partial charge in [0, 0.05) is 69.6 Å². The molecule has 0 amide bonds. The Labute approximate surface area is 391 Å². The molecule has 0 N–H and O–H groups in total. The fourth-order valence-corrected chi connectivity index (χ4v) is 6.53. The van der Waals surface area contributed by atoms with Crippen LogP contribution in [0.5, 0.6) is 0 Å². The summed E-state index contributed by atoms with van der Waals surface area (Å²) in [6.45, 7) is -2.17. The first-order valence-corrected chi connectivity index (χ1v) is 18.7. The van der Waals surface area contributed by atoms with Crippen LogP contribution in [0, 0.1) is 57.2 Å². The smallest absolute Gasteiger partial charge is 0.216 e. The van der Waals surface area contributed by atoms with Gasteiger partial charge in [0.05, 0.1) is 5.58 Å². The Kier molecular flexibility index (Phi) is 7.37. The second-order valence-electron chi connectivity index (χ2n) is 16.1. The Morgan fingerprint density at radius 1 is 0.627 bits per heavy atom. The molecule has 5 heteroatoms. The van der Waals surface area contributed by atoms with E-state index in [0.29, 0.717) is 33.2 Å². The number of hydrogen-bond donors (Lipinski definition) is 0. The average Bonchev–Trinajstić information content (AvgIpc) is 3.72. The third-order valence-electron chi connectivity index (χ3n) is 8.99. The molecule has 4 aromatic carbocycles. The van der Waals surface area contributed by atoms with Gasteiger partial charge in [-0.25, -0.2) is 4.98 Å². The fourth-order valence-electron chi connectivity index (χ4n) is 6.53. The van der Waals surface area contributed by atoms with Crippen LogP contribution >= 0.6 is 0 Å². The molecule has 0 aliphatic carbocycles. The summed E-state index contributed by atoms with van der Waals surface area (Å²) >= 11 is 0. The molecule has 303 valence electrons. The zero-order valence-corrected chi connectivity index (χ0v) is 35.9. The zero-order valence-electron chi connectivity index (χ0n) is 52.5. The van der Waals surface area contributed by atoms with Crippen molar-refractivity contribution in [1.29, 1.82) is 0 Å². The molecule has 0 atom stereocenters. The third kappa shape index (κ3) is 10.3. The second kappa shape index (κ2) is 17.6. The predicted molar refractivity (Wildman–Crippen MR) is 243 cm³/mol. The van der Waals surface area contributed by atoms with Crippen molar-refractivity contribution >= 4 is 22.1 Å². The predicted octanol–water partition coefficient (Wildman–Crippen LogP) is 14.4. The van der Waals surface area contributed by atoms with Crippen molar-refractivity contribution in [1.82, 2.24) is 15.0 Å². The van der Waals surface area contributed by atoms with Crippen LogP contribution in [-0.2, 0) is 32.9 Å². The van der Waals surface area contributed by atoms with E-state index in [9.17, 15) is 0 Å². The van der Waals surface area contributed by atoms with E-state index in [1.807, 2.05) is 20.8 Å². The summed E-state index contributed by atoms with van der Waals surface area (Å²) in [5.74, 6) is 0. The number of furan rings is 1. The van der Waals surface area contributed by atoms with Gasteiger partial charge < -0.3 is 14.4 Å². The van der Waals surface area contributed by atoms with E-state index in [0.717, 1.165) is 6.20 Å². The number of hydrogen-bond acceptors (Lipinski definition) is 4. The van der Waals surface area contributed by atoms with Crippen molar-refractivity contribution in [3.8, 4) is 44.8 Å². The Bertz CT molecular complexity index is 3470. The molecule has 0 aliphatic rings. The van der Waals surface area contributed by atoms with Crippen LogP contribution in [0.1, 0.15) is 107 Å². The molecule has 0 saturated carbocycles. The number of pyridine rings is 3. The summed E-state index contributed by atoms with van der Waals surface area (Å²) in [6, 6.07) is 30.4. The SMILES string of the molecule is [2H]C([2H])([2H])c1c[c-]c(-c2ccc(C([2H])([2H])C(C)(C)C)cn2)cc1.[2H]C([2H])([2H])c1ccc2c(n1)oc1c(-c3cc(-c4ccc(-c5ccc(C([2H])([2H])C(C)(C)C)cc5C([2H])([2H])[2H])cc4C([2H])([2H])[2H])c(C([2H])([2H])[2H])cn3)[c-]ccc12.[Ir]. The average molecular weight is 973 g/mol. The van der Waals surface area contributed by atoms with Crippen LogP contribution < -0.4 is 0 Å². The van der Waals surface area contributed by atoms with Crippen LogP contribution in [0.3, 0.4) is 0 Å². The van der Waals surface area contributed by atoms with Crippen molar-refractivity contribution in [2.45, 2.75) is 88.5 Å². The largest absolute Gasteiger partial charge is 0.486 e. The summed E-state index contributed by atoms with van der Waals surface area (Å²) in [7, 11) is 0. The van der Waals surface area contributed by atoms with Crippen molar-refractivity contribution < 1.29 is 50.6 Å². The second-order valence-corrected chi connectivity index (χ2v) is 16.1. The van der Waals surface area contributed by atoms with Crippen molar-refractivity contribution in [3.05, 3.63) is 161 Å². The Balaban J connectivity index is 0.000000343. The topological polar surface area (TPSA) is 51.8 Å². The minimum atomic E-state index is -2.80. The van der Waals surface area contributed by atoms with Gasteiger partial charge in [-0.05, 0) is 125 Å². The Hall–Kier alpha value is -5.22. The van der Waals surface area contributed by atoms with E-state index in [4.69, 9.17) is 30.5 Å². The molecular weight excluding hydrogens is 899 g/mol. The molecule has 8 aromatic rings. The first-order chi connectivity index (χ1) is 35.1. The van der Waals surface area contributed by atoms with Gasteiger partial charge in [0.25, 0.3) is 0 Å². The monoisotopic (exact) mass is 974 g/mol. The van der Waals surface area contributed by atoms with Gasteiger partial charge >= 0.3 is 0 Å². The van der Waals surface area contributed by atoms with Gasteiger partial charge in [-0.1, -0.05) is 114 Å². The van der Waals surface area contributed by atoms with Gasteiger partial charge in [-0.3, -0.25) is 0 Å². The maximum absolute atomic E-state index is 8.71. The number of benzene rings is 4. The van der Waals surface area contributed by atoms with Crippen LogP contribution in [0.15, 0.2) is 114 Å².